The molecule has 1 heterocycles. The molecule has 0 spiro atoms. The summed E-state index contributed by atoms with van der Waals surface area (Å²) in [4.78, 5) is 12.2. The largest absolute Gasteiger partial charge is 0.466 e. The molecule has 0 aliphatic rings. The van der Waals surface area contributed by atoms with Gasteiger partial charge in [-0.15, -0.1) is 11.3 Å². The van der Waals surface area contributed by atoms with Crippen molar-refractivity contribution < 1.29 is 9.53 Å². The van der Waals surface area contributed by atoms with Crippen LogP contribution in [0.4, 0.5) is 0 Å². The zero-order chi connectivity index (χ0) is 11.3. The van der Waals surface area contributed by atoms with Crippen molar-refractivity contribution in [1.82, 2.24) is 0 Å². The van der Waals surface area contributed by atoms with Gasteiger partial charge >= 0.3 is 5.97 Å². The quantitative estimate of drug-likeness (QED) is 0.849. The van der Waals surface area contributed by atoms with Gasteiger partial charge < -0.3 is 10.5 Å². The zero-order valence-electron chi connectivity index (χ0n) is 8.53. The highest BCUT2D eigenvalue weighted by atomic mass is 79.9. The monoisotopic (exact) mass is 291 g/mol. The molecule has 2 N–H and O–H groups in total. The van der Waals surface area contributed by atoms with E-state index in [4.69, 9.17) is 10.5 Å². The first-order valence-corrected chi connectivity index (χ1v) is 6.41. The molecule has 0 aromatic carbocycles. The zero-order valence-corrected chi connectivity index (χ0v) is 10.9. The van der Waals surface area contributed by atoms with E-state index in [0.717, 1.165) is 8.66 Å². The molecule has 1 unspecified atom stereocenters. The Labute approximate surface area is 102 Å². The van der Waals surface area contributed by atoms with E-state index < -0.39 is 0 Å². The minimum atomic E-state index is -0.177. The average Bonchev–Trinajstić information content (AvgIpc) is 2.62. The van der Waals surface area contributed by atoms with Crippen LogP contribution in [-0.2, 0) is 9.53 Å². The van der Waals surface area contributed by atoms with E-state index >= 15 is 0 Å². The lowest BCUT2D eigenvalue weighted by atomic mass is 10.1. The van der Waals surface area contributed by atoms with Gasteiger partial charge in [0.1, 0.15) is 0 Å². The molecule has 1 atom stereocenters. The predicted molar refractivity (Wildman–Crippen MR) is 64.8 cm³/mol. The summed E-state index contributed by atoms with van der Waals surface area (Å²) in [5.41, 5.74) is 5.93. The number of carbonyl (C=O) groups is 1. The Balaban J connectivity index is 2.36. The van der Waals surface area contributed by atoms with Crippen LogP contribution in [0.2, 0.25) is 0 Å². The summed E-state index contributed by atoms with van der Waals surface area (Å²) in [6, 6.07) is 3.86. The number of carbonyl (C=O) groups excluding carboxylic acids is 1. The molecule has 0 radical (unpaired) electrons. The van der Waals surface area contributed by atoms with E-state index in [-0.39, 0.29) is 12.0 Å². The molecule has 0 saturated carbocycles. The highest BCUT2D eigenvalue weighted by molar-refractivity contribution is 9.11. The van der Waals surface area contributed by atoms with E-state index in [1.54, 1.807) is 18.3 Å². The molecule has 0 bridgehead atoms. The van der Waals surface area contributed by atoms with Crippen molar-refractivity contribution in [3.63, 3.8) is 0 Å². The van der Waals surface area contributed by atoms with Crippen molar-refractivity contribution in [1.29, 1.82) is 0 Å². The van der Waals surface area contributed by atoms with Gasteiger partial charge in [-0.25, -0.2) is 0 Å². The van der Waals surface area contributed by atoms with Gasteiger partial charge in [0.15, 0.2) is 0 Å². The second-order valence-electron chi connectivity index (χ2n) is 3.09. The van der Waals surface area contributed by atoms with Crippen LogP contribution in [0.5, 0.6) is 0 Å². The summed E-state index contributed by atoms with van der Waals surface area (Å²) >= 11 is 4.98. The molecule has 1 rings (SSSR count). The van der Waals surface area contributed by atoms with Crippen molar-refractivity contribution in [3.8, 4) is 0 Å². The Bertz CT molecular complexity index is 327. The number of halogens is 1. The number of rotatable bonds is 5. The van der Waals surface area contributed by atoms with Crippen LogP contribution >= 0.6 is 27.3 Å². The molecular weight excluding hydrogens is 278 g/mol. The Hall–Kier alpha value is -0.390. The van der Waals surface area contributed by atoms with Crippen molar-refractivity contribution in [2.24, 2.45) is 5.73 Å². The smallest absolute Gasteiger partial charge is 0.305 e. The van der Waals surface area contributed by atoms with Gasteiger partial charge in [-0.1, -0.05) is 0 Å². The number of hydrogen-bond donors (Lipinski definition) is 1. The van der Waals surface area contributed by atoms with Crippen LogP contribution in [0.25, 0.3) is 0 Å². The number of esters is 1. The normalized spacial score (nSPS) is 12.5. The number of hydrogen-bond acceptors (Lipinski definition) is 4. The molecule has 3 nitrogen and oxygen atoms in total. The third-order valence-electron chi connectivity index (χ3n) is 1.92. The first-order chi connectivity index (χ1) is 7.13. The highest BCUT2D eigenvalue weighted by Gasteiger charge is 2.11. The third-order valence-corrected chi connectivity index (χ3v) is 3.68. The van der Waals surface area contributed by atoms with Crippen molar-refractivity contribution in [3.05, 3.63) is 20.8 Å². The molecular formula is C10H14BrNO2S. The molecule has 1 aromatic rings. The van der Waals surface area contributed by atoms with Gasteiger partial charge in [0.05, 0.1) is 10.4 Å². The van der Waals surface area contributed by atoms with Crippen molar-refractivity contribution in [2.45, 2.75) is 25.8 Å². The fourth-order valence-electron chi connectivity index (χ4n) is 1.18. The Morgan fingerprint density at radius 2 is 2.40 bits per heavy atom. The molecule has 1 aromatic heterocycles. The van der Waals surface area contributed by atoms with E-state index in [1.807, 2.05) is 12.1 Å². The first kappa shape index (κ1) is 12.7. The lowest BCUT2D eigenvalue weighted by Crippen LogP contribution is -2.12. The molecule has 0 fully saturated rings. The van der Waals surface area contributed by atoms with Crippen LogP contribution in [0.1, 0.15) is 30.7 Å². The number of thiophene rings is 1. The molecule has 5 heteroatoms. The fraction of sp³-hybridized carbons (Fsp3) is 0.500. The van der Waals surface area contributed by atoms with Crippen LogP contribution in [0, 0.1) is 0 Å². The van der Waals surface area contributed by atoms with E-state index in [9.17, 15) is 4.79 Å². The fourth-order valence-corrected chi connectivity index (χ4v) is 2.64. The van der Waals surface area contributed by atoms with Gasteiger partial charge in [-0.3, -0.25) is 4.79 Å². The maximum absolute atomic E-state index is 11.1. The SMILES string of the molecule is CCOC(=O)CCC(N)c1ccc(Br)s1. The van der Waals surface area contributed by atoms with Gasteiger partial charge in [0.2, 0.25) is 0 Å². The summed E-state index contributed by atoms with van der Waals surface area (Å²) in [5.74, 6) is -0.177. The van der Waals surface area contributed by atoms with Crippen molar-refractivity contribution in [2.75, 3.05) is 6.61 Å². The molecule has 0 aliphatic carbocycles. The van der Waals surface area contributed by atoms with Gasteiger partial charge in [-0.2, -0.15) is 0 Å². The first-order valence-electron chi connectivity index (χ1n) is 4.80. The van der Waals surface area contributed by atoms with E-state index in [1.165, 1.54) is 0 Å². The standard InChI is InChI=1S/C10H14BrNO2S/c1-2-14-10(13)6-3-7(12)8-4-5-9(11)15-8/h4-5,7H,2-3,6,12H2,1H3. The maximum atomic E-state index is 11.1. The number of nitrogens with two attached hydrogens (primary N) is 1. The predicted octanol–water partition coefficient (Wildman–Crippen LogP) is 2.85. The third kappa shape index (κ3) is 4.32. The minimum Gasteiger partial charge on any atom is -0.466 e. The van der Waals surface area contributed by atoms with Crippen molar-refractivity contribution >= 4 is 33.2 Å². The van der Waals surface area contributed by atoms with Crippen LogP contribution in [-0.4, -0.2) is 12.6 Å². The van der Waals surface area contributed by atoms with E-state index in [0.29, 0.717) is 19.4 Å². The summed E-state index contributed by atoms with van der Waals surface area (Å²) in [5, 5.41) is 0. The average molecular weight is 292 g/mol. The molecule has 0 amide bonds. The highest BCUT2D eigenvalue weighted by Crippen LogP contribution is 2.28. The lowest BCUT2D eigenvalue weighted by Gasteiger charge is -2.08. The van der Waals surface area contributed by atoms with Gasteiger partial charge in [0, 0.05) is 17.3 Å². The van der Waals surface area contributed by atoms with Gasteiger partial charge in [0.25, 0.3) is 0 Å². The van der Waals surface area contributed by atoms with Crippen LogP contribution in [0.3, 0.4) is 0 Å². The summed E-state index contributed by atoms with van der Waals surface area (Å²) in [7, 11) is 0. The van der Waals surface area contributed by atoms with Crippen LogP contribution < -0.4 is 5.73 Å². The van der Waals surface area contributed by atoms with Gasteiger partial charge in [-0.05, 0) is 41.4 Å². The van der Waals surface area contributed by atoms with Crippen LogP contribution in [0.15, 0.2) is 15.9 Å². The maximum Gasteiger partial charge on any atom is 0.305 e. The summed E-state index contributed by atoms with van der Waals surface area (Å²) < 4.78 is 5.89. The second-order valence-corrected chi connectivity index (χ2v) is 5.59. The topological polar surface area (TPSA) is 52.3 Å². The molecule has 84 valence electrons. The Kier molecular flexibility index (Phi) is 5.28. The second kappa shape index (κ2) is 6.25. The summed E-state index contributed by atoms with van der Waals surface area (Å²) in [6.07, 6.45) is 1.01. The Morgan fingerprint density at radius 1 is 1.67 bits per heavy atom. The molecule has 0 saturated heterocycles. The molecule has 15 heavy (non-hydrogen) atoms. The Morgan fingerprint density at radius 3 is 2.93 bits per heavy atom. The number of ether oxygens (including phenoxy) is 1. The summed E-state index contributed by atoms with van der Waals surface area (Å²) in [6.45, 7) is 2.23. The van der Waals surface area contributed by atoms with E-state index in [2.05, 4.69) is 15.9 Å². The molecule has 0 aliphatic heterocycles. The lowest BCUT2D eigenvalue weighted by molar-refractivity contribution is -0.143. The minimum absolute atomic E-state index is 0.0780.